The number of para-hydroxylation sites is 1. The van der Waals surface area contributed by atoms with E-state index in [1.54, 1.807) is 23.1 Å². The van der Waals surface area contributed by atoms with E-state index in [0.717, 1.165) is 0 Å². The number of benzene rings is 1. The molecule has 150 valence electrons. The highest BCUT2D eigenvalue weighted by atomic mass is 19.1. The predicted octanol–water partition coefficient (Wildman–Crippen LogP) is 2.11. The van der Waals surface area contributed by atoms with Gasteiger partial charge in [0.2, 0.25) is 5.71 Å². The van der Waals surface area contributed by atoms with Crippen LogP contribution in [0.4, 0.5) is 20.6 Å². The molecule has 1 amide bonds. The Morgan fingerprint density at radius 2 is 2.00 bits per heavy atom. The molecule has 0 atom stereocenters. The number of ether oxygens (including phenoxy) is 1. The maximum absolute atomic E-state index is 14.3. The SMILES string of the molecule is CC(C)(C)OC(=O)N1CCN(c2cccc(F)c2N/N=C(\C#N)C(=N)N)CC1. The van der Waals surface area contributed by atoms with Gasteiger partial charge in [0.25, 0.3) is 0 Å². The highest BCUT2D eigenvalue weighted by Gasteiger charge is 2.27. The van der Waals surface area contributed by atoms with E-state index in [1.165, 1.54) is 6.07 Å². The van der Waals surface area contributed by atoms with Gasteiger partial charge in [-0.3, -0.25) is 10.8 Å². The molecule has 0 spiro atoms. The van der Waals surface area contributed by atoms with Crippen molar-refractivity contribution in [1.29, 1.82) is 10.7 Å². The van der Waals surface area contributed by atoms with Crippen LogP contribution in [0.5, 0.6) is 0 Å². The Labute approximate surface area is 163 Å². The van der Waals surface area contributed by atoms with Crippen LogP contribution in [0.1, 0.15) is 20.8 Å². The Morgan fingerprint density at radius 1 is 1.36 bits per heavy atom. The van der Waals surface area contributed by atoms with Crippen molar-refractivity contribution in [2.75, 3.05) is 36.5 Å². The average molecular weight is 389 g/mol. The van der Waals surface area contributed by atoms with Gasteiger partial charge >= 0.3 is 6.09 Å². The van der Waals surface area contributed by atoms with Crippen LogP contribution in [-0.2, 0) is 4.74 Å². The van der Waals surface area contributed by atoms with Gasteiger partial charge < -0.3 is 20.3 Å². The molecule has 1 aliphatic rings. The molecule has 0 saturated carbocycles. The summed E-state index contributed by atoms with van der Waals surface area (Å²) in [6.07, 6.45) is -0.380. The third-order valence-electron chi connectivity index (χ3n) is 3.90. The molecule has 28 heavy (non-hydrogen) atoms. The Kier molecular flexibility index (Phi) is 6.41. The Hall–Kier alpha value is -3.35. The van der Waals surface area contributed by atoms with Crippen LogP contribution in [0.25, 0.3) is 0 Å². The number of amidine groups is 1. The van der Waals surface area contributed by atoms with Crippen LogP contribution in [0.2, 0.25) is 0 Å². The fraction of sp³-hybridized carbons (Fsp3) is 0.444. The fourth-order valence-electron chi connectivity index (χ4n) is 2.60. The number of anilines is 2. The van der Waals surface area contributed by atoms with Gasteiger partial charge in [0.1, 0.15) is 23.2 Å². The summed E-state index contributed by atoms with van der Waals surface area (Å²) in [5.41, 5.74) is 7.45. The molecule has 1 aromatic carbocycles. The Morgan fingerprint density at radius 3 is 2.54 bits per heavy atom. The minimum absolute atomic E-state index is 0.0715. The second kappa shape index (κ2) is 8.56. The molecule has 1 saturated heterocycles. The van der Waals surface area contributed by atoms with Gasteiger partial charge in [-0.2, -0.15) is 10.4 Å². The van der Waals surface area contributed by atoms with Gasteiger partial charge in [0.05, 0.1) is 5.69 Å². The lowest BCUT2D eigenvalue weighted by molar-refractivity contribution is 0.0240. The molecule has 0 unspecified atom stereocenters. The maximum Gasteiger partial charge on any atom is 0.410 e. The zero-order valence-corrected chi connectivity index (χ0v) is 16.1. The molecule has 1 aromatic rings. The summed E-state index contributed by atoms with van der Waals surface area (Å²) in [4.78, 5) is 15.7. The smallest absolute Gasteiger partial charge is 0.410 e. The summed E-state index contributed by atoms with van der Waals surface area (Å²) >= 11 is 0. The molecular weight excluding hydrogens is 365 g/mol. The molecule has 1 aliphatic heterocycles. The van der Waals surface area contributed by atoms with Crippen molar-refractivity contribution in [1.82, 2.24) is 4.90 Å². The fourth-order valence-corrected chi connectivity index (χ4v) is 2.60. The van der Waals surface area contributed by atoms with Crippen LogP contribution < -0.4 is 16.1 Å². The van der Waals surface area contributed by atoms with Gasteiger partial charge in [0.15, 0.2) is 5.84 Å². The number of amides is 1. The summed E-state index contributed by atoms with van der Waals surface area (Å²) in [6.45, 7) is 7.21. The number of nitrogens with zero attached hydrogens (tertiary/aromatic N) is 4. The van der Waals surface area contributed by atoms with Crippen LogP contribution in [-0.4, -0.2) is 54.3 Å². The molecule has 0 aromatic heterocycles. The van der Waals surface area contributed by atoms with E-state index >= 15 is 0 Å². The van der Waals surface area contributed by atoms with Crippen LogP contribution in [0, 0.1) is 22.6 Å². The van der Waals surface area contributed by atoms with E-state index in [1.807, 2.05) is 25.7 Å². The summed E-state index contributed by atoms with van der Waals surface area (Å²) in [7, 11) is 0. The van der Waals surface area contributed by atoms with Crippen LogP contribution >= 0.6 is 0 Å². The lowest BCUT2D eigenvalue weighted by Gasteiger charge is -2.37. The first-order valence-corrected chi connectivity index (χ1v) is 8.72. The largest absolute Gasteiger partial charge is 0.444 e. The van der Waals surface area contributed by atoms with Crippen molar-refractivity contribution >= 4 is 29.0 Å². The number of rotatable bonds is 4. The second-order valence-electron chi connectivity index (χ2n) is 7.19. The zero-order valence-electron chi connectivity index (χ0n) is 16.1. The highest BCUT2D eigenvalue weighted by Crippen LogP contribution is 2.30. The Balaban J connectivity index is 2.13. The van der Waals surface area contributed by atoms with Gasteiger partial charge in [-0.05, 0) is 32.9 Å². The molecule has 1 heterocycles. The summed E-state index contributed by atoms with van der Waals surface area (Å²) in [5, 5.41) is 19.9. The molecule has 0 aliphatic carbocycles. The number of hydrogen-bond acceptors (Lipinski definition) is 7. The van der Waals surface area contributed by atoms with Gasteiger partial charge in [0, 0.05) is 26.2 Å². The monoisotopic (exact) mass is 389 g/mol. The number of hydrazone groups is 1. The minimum atomic E-state index is -0.568. The van der Waals surface area contributed by atoms with Crippen molar-refractivity contribution in [2.45, 2.75) is 26.4 Å². The third-order valence-corrected chi connectivity index (χ3v) is 3.90. The quantitative estimate of drug-likeness (QED) is 0.411. The van der Waals surface area contributed by atoms with E-state index in [-0.39, 0.29) is 17.5 Å². The molecule has 9 nitrogen and oxygen atoms in total. The number of nitrogens with two attached hydrogens (primary N) is 1. The topological polar surface area (TPSA) is 131 Å². The van der Waals surface area contributed by atoms with Crippen molar-refractivity contribution in [3.8, 4) is 6.07 Å². The molecule has 2 rings (SSSR count). The first-order chi connectivity index (χ1) is 13.1. The molecule has 1 fully saturated rings. The van der Waals surface area contributed by atoms with Crippen LogP contribution in [0.3, 0.4) is 0 Å². The molecule has 0 bridgehead atoms. The van der Waals surface area contributed by atoms with Crippen molar-refractivity contribution in [3.05, 3.63) is 24.0 Å². The Bertz CT molecular complexity index is 818. The van der Waals surface area contributed by atoms with Crippen molar-refractivity contribution in [2.24, 2.45) is 10.8 Å². The number of nitrogens with one attached hydrogen (secondary N) is 2. The number of halogens is 1. The maximum atomic E-state index is 14.3. The number of carbonyl (C=O) groups is 1. The standard InChI is InChI=1S/C18H24FN7O2/c1-18(2,3)28-17(27)26-9-7-25(8-10-26)14-6-4-5-12(19)15(14)24-23-13(11-20)16(21)22/h4-6,24H,7-10H2,1-3H3,(H3,21,22)/b23-13+. The second-order valence-corrected chi connectivity index (χ2v) is 7.19. The number of carbonyl (C=O) groups excluding carboxylic acids is 1. The highest BCUT2D eigenvalue weighted by molar-refractivity contribution is 6.45. The predicted molar refractivity (Wildman–Crippen MR) is 105 cm³/mol. The number of piperazine rings is 1. The van der Waals surface area contributed by atoms with Crippen molar-refractivity contribution in [3.63, 3.8) is 0 Å². The van der Waals surface area contributed by atoms with E-state index in [4.69, 9.17) is 21.1 Å². The minimum Gasteiger partial charge on any atom is -0.444 e. The van der Waals surface area contributed by atoms with E-state index in [9.17, 15) is 9.18 Å². The van der Waals surface area contributed by atoms with E-state index < -0.39 is 17.3 Å². The first-order valence-electron chi connectivity index (χ1n) is 8.72. The number of nitriles is 1. The van der Waals surface area contributed by atoms with E-state index in [2.05, 4.69) is 10.5 Å². The summed E-state index contributed by atoms with van der Waals surface area (Å²) < 4.78 is 19.7. The lowest BCUT2D eigenvalue weighted by atomic mass is 10.2. The zero-order chi connectivity index (χ0) is 20.9. The molecule has 10 heteroatoms. The lowest BCUT2D eigenvalue weighted by Crippen LogP contribution is -2.50. The molecular formula is C18H24FN7O2. The van der Waals surface area contributed by atoms with Crippen molar-refractivity contribution < 1.29 is 13.9 Å². The number of hydrogen-bond donors (Lipinski definition) is 3. The van der Waals surface area contributed by atoms with Crippen LogP contribution in [0.15, 0.2) is 23.3 Å². The third kappa shape index (κ3) is 5.33. The van der Waals surface area contributed by atoms with Gasteiger partial charge in [-0.15, -0.1) is 0 Å². The van der Waals surface area contributed by atoms with Gasteiger partial charge in [-0.25, -0.2) is 9.18 Å². The summed E-state index contributed by atoms with van der Waals surface area (Å²) in [6, 6.07) is 6.21. The first kappa shape index (κ1) is 21.0. The molecule has 4 N–H and O–H groups in total. The average Bonchev–Trinajstić information content (AvgIpc) is 2.61. The van der Waals surface area contributed by atoms with Gasteiger partial charge in [-0.1, -0.05) is 6.07 Å². The van der Waals surface area contributed by atoms with E-state index in [0.29, 0.717) is 31.9 Å². The summed E-state index contributed by atoms with van der Waals surface area (Å²) in [5.74, 6) is -1.07. The normalized spacial score (nSPS) is 15.0. The molecule has 0 radical (unpaired) electrons.